The Morgan fingerprint density at radius 3 is 2.30 bits per heavy atom. The van der Waals surface area contributed by atoms with E-state index in [1.54, 1.807) is 17.8 Å². The van der Waals surface area contributed by atoms with Gasteiger partial charge in [-0.05, 0) is 25.0 Å². The summed E-state index contributed by atoms with van der Waals surface area (Å²) in [5.74, 6) is 1.42. The average molecular weight is 289 g/mol. The van der Waals surface area contributed by atoms with Gasteiger partial charge in [0.05, 0.1) is 0 Å². The van der Waals surface area contributed by atoms with Crippen LogP contribution in [-0.2, 0) is 18.1 Å². The molecular weight excluding hydrogens is 269 g/mol. The summed E-state index contributed by atoms with van der Waals surface area (Å²) in [5.41, 5.74) is 10.7. The molecule has 0 aliphatic carbocycles. The van der Waals surface area contributed by atoms with Gasteiger partial charge in [-0.3, -0.25) is 0 Å². The second-order valence-corrected chi connectivity index (χ2v) is 6.07. The highest BCUT2D eigenvalue weighted by molar-refractivity contribution is 7.97. The molecule has 0 unspecified atom stereocenters. The van der Waals surface area contributed by atoms with Crippen LogP contribution in [0, 0.1) is 19.7 Å². The van der Waals surface area contributed by atoms with Crippen molar-refractivity contribution in [2.45, 2.75) is 31.9 Å². The van der Waals surface area contributed by atoms with E-state index in [2.05, 4.69) is 32.0 Å². The van der Waals surface area contributed by atoms with Gasteiger partial charge in [-0.15, -0.1) is 0 Å². The summed E-state index contributed by atoms with van der Waals surface area (Å²) in [5, 5.41) is 0. The number of halogens is 1. The summed E-state index contributed by atoms with van der Waals surface area (Å²) < 4.78 is 14.0. The lowest BCUT2D eigenvalue weighted by Gasteiger charge is -2.08. The molecule has 2 aromatic carbocycles. The van der Waals surface area contributed by atoms with Gasteiger partial charge in [0.1, 0.15) is 5.82 Å². The number of thioether (sulfide) groups is 1. The third-order valence-corrected chi connectivity index (χ3v) is 4.24. The van der Waals surface area contributed by atoms with Gasteiger partial charge in [0, 0.05) is 23.6 Å². The highest BCUT2D eigenvalue weighted by Gasteiger charge is 2.06. The number of hydrogen-bond acceptors (Lipinski definition) is 2. The fourth-order valence-electron chi connectivity index (χ4n) is 2.33. The van der Waals surface area contributed by atoms with Crippen molar-refractivity contribution in [3.8, 4) is 0 Å². The number of benzene rings is 2. The number of hydrogen-bond donors (Lipinski definition) is 1. The number of aryl methyl sites for hydroxylation is 2. The first-order valence-electron chi connectivity index (χ1n) is 6.71. The quantitative estimate of drug-likeness (QED) is 0.886. The predicted molar refractivity (Wildman–Crippen MR) is 85.2 cm³/mol. The van der Waals surface area contributed by atoms with Crippen molar-refractivity contribution in [2.75, 3.05) is 0 Å². The molecule has 0 saturated heterocycles. The van der Waals surface area contributed by atoms with Gasteiger partial charge in [0.2, 0.25) is 0 Å². The molecule has 20 heavy (non-hydrogen) atoms. The molecule has 0 aliphatic rings. The van der Waals surface area contributed by atoms with E-state index in [0.29, 0.717) is 11.3 Å². The molecule has 0 aromatic heterocycles. The molecule has 0 heterocycles. The van der Waals surface area contributed by atoms with E-state index in [9.17, 15) is 4.39 Å². The first kappa shape index (κ1) is 15.1. The SMILES string of the molecule is Cc1cc(C)cc(CSCc2cccc(CN)c2F)c1. The Balaban J connectivity index is 1.99. The van der Waals surface area contributed by atoms with E-state index < -0.39 is 0 Å². The van der Waals surface area contributed by atoms with Gasteiger partial charge in [-0.25, -0.2) is 4.39 Å². The summed E-state index contributed by atoms with van der Waals surface area (Å²) in [6.45, 7) is 4.46. The van der Waals surface area contributed by atoms with Crippen molar-refractivity contribution in [3.05, 3.63) is 70.0 Å². The molecule has 0 atom stereocenters. The van der Waals surface area contributed by atoms with Crippen LogP contribution in [0.2, 0.25) is 0 Å². The maximum atomic E-state index is 14.0. The Bertz CT molecular complexity index is 575. The molecule has 2 N–H and O–H groups in total. The molecule has 0 aliphatic heterocycles. The smallest absolute Gasteiger partial charge is 0.131 e. The second-order valence-electron chi connectivity index (χ2n) is 5.08. The fraction of sp³-hybridized carbons (Fsp3) is 0.294. The van der Waals surface area contributed by atoms with Crippen LogP contribution in [0.25, 0.3) is 0 Å². The molecule has 0 bridgehead atoms. The van der Waals surface area contributed by atoms with E-state index in [4.69, 9.17) is 5.73 Å². The highest BCUT2D eigenvalue weighted by atomic mass is 32.2. The minimum atomic E-state index is -0.150. The number of rotatable bonds is 5. The molecule has 0 spiro atoms. The van der Waals surface area contributed by atoms with Gasteiger partial charge in [0.25, 0.3) is 0 Å². The summed E-state index contributed by atoms with van der Waals surface area (Å²) in [7, 11) is 0. The van der Waals surface area contributed by atoms with Crippen molar-refractivity contribution >= 4 is 11.8 Å². The third kappa shape index (κ3) is 3.84. The summed E-state index contributed by atoms with van der Waals surface area (Å²) >= 11 is 1.73. The molecule has 1 nitrogen and oxygen atoms in total. The van der Waals surface area contributed by atoms with Crippen LogP contribution in [0.4, 0.5) is 4.39 Å². The van der Waals surface area contributed by atoms with Crippen molar-refractivity contribution in [3.63, 3.8) is 0 Å². The molecule has 2 aromatic rings. The topological polar surface area (TPSA) is 26.0 Å². The molecule has 0 radical (unpaired) electrons. The van der Waals surface area contributed by atoms with Crippen LogP contribution < -0.4 is 5.73 Å². The van der Waals surface area contributed by atoms with Crippen LogP contribution in [0.3, 0.4) is 0 Å². The third-order valence-electron chi connectivity index (χ3n) is 3.19. The maximum Gasteiger partial charge on any atom is 0.131 e. The lowest BCUT2D eigenvalue weighted by Crippen LogP contribution is -2.02. The predicted octanol–water partition coefficient (Wildman–Crippen LogP) is 4.33. The first-order valence-corrected chi connectivity index (χ1v) is 7.87. The van der Waals surface area contributed by atoms with Crippen LogP contribution >= 0.6 is 11.8 Å². The zero-order valence-corrected chi connectivity index (χ0v) is 12.8. The first-order chi connectivity index (χ1) is 9.60. The Morgan fingerprint density at radius 2 is 1.65 bits per heavy atom. The van der Waals surface area contributed by atoms with E-state index in [0.717, 1.165) is 11.3 Å². The van der Waals surface area contributed by atoms with Crippen molar-refractivity contribution < 1.29 is 4.39 Å². The van der Waals surface area contributed by atoms with Crippen LogP contribution in [0.5, 0.6) is 0 Å². The van der Waals surface area contributed by atoms with Gasteiger partial charge < -0.3 is 5.73 Å². The molecule has 0 amide bonds. The van der Waals surface area contributed by atoms with Crippen LogP contribution in [0.15, 0.2) is 36.4 Å². The van der Waals surface area contributed by atoms with E-state index >= 15 is 0 Å². The Labute approximate surface area is 124 Å². The zero-order valence-electron chi connectivity index (χ0n) is 11.9. The van der Waals surface area contributed by atoms with Gasteiger partial charge in [0.15, 0.2) is 0 Å². The lowest BCUT2D eigenvalue weighted by molar-refractivity contribution is 0.600. The summed E-state index contributed by atoms with van der Waals surface area (Å²) in [4.78, 5) is 0. The van der Waals surface area contributed by atoms with E-state index in [-0.39, 0.29) is 12.4 Å². The Hall–Kier alpha value is -1.32. The van der Waals surface area contributed by atoms with Crippen molar-refractivity contribution in [1.82, 2.24) is 0 Å². The monoisotopic (exact) mass is 289 g/mol. The van der Waals surface area contributed by atoms with E-state index in [1.807, 2.05) is 12.1 Å². The van der Waals surface area contributed by atoms with Crippen molar-refractivity contribution in [1.29, 1.82) is 0 Å². The Morgan fingerprint density at radius 1 is 1.00 bits per heavy atom. The largest absolute Gasteiger partial charge is 0.326 e. The van der Waals surface area contributed by atoms with E-state index in [1.165, 1.54) is 16.7 Å². The molecule has 2 rings (SSSR count). The second kappa shape index (κ2) is 6.91. The van der Waals surface area contributed by atoms with Gasteiger partial charge >= 0.3 is 0 Å². The number of nitrogens with two attached hydrogens (primary N) is 1. The molecule has 0 fully saturated rings. The molecular formula is C17H20FNS. The van der Waals surface area contributed by atoms with Crippen molar-refractivity contribution in [2.24, 2.45) is 5.73 Å². The van der Waals surface area contributed by atoms with Crippen LogP contribution in [0.1, 0.15) is 27.8 Å². The standard InChI is InChI=1S/C17H20FNS/c1-12-6-13(2)8-14(7-12)10-20-11-16-5-3-4-15(9-19)17(16)18/h3-8H,9-11,19H2,1-2H3. The Kier molecular flexibility index (Phi) is 5.21. The lowest BCUT2D eigenvalue weighted by atomic mass is 10.1. The summed E-state index contributed by atoms with van der Waals surface area (Å²) in [6, 6.07) is 12.0. The molecule has 3 heteroatoms. The van der Waals surface area contributed by atoms with Gasteiger partial charge in [-0.2, -0.15) is 11.8 Å². The minimum Gasteiger partial charge on any atom is -0.326 e. The zero-order chi connectivity index (χ0) is 14.5. The van der Waals surface area contributed by atoms with Crippen LogP contribution in [-0.4, -0.2) is 0 Å². The highest BCUT2D eigenvalue weighted by Crippen LogP contribution is 2.22. The van der Waals surface area contributed by atoms with Gasteiger partial charge in [-0.1, -0.05) is 47.5 Å². The molecule has 106 valence electrons. The maximum absolute atomic E-state index is 14.0. The summed E-state index contributed by atoms with van der Waals surface area (Å²) in [6.07, 6.45) is 0. The minimum absolute atomic E-state index is 0.150. The average Bonchev–Trinajstić information content (AvgIpc) is 2.39. The molecule has 0 saturated carbocycles. The fourth-order valence-corrected chi connectivity index (χ4v) is 3.28. The normalized spacial score (nSPS) is 10.8.